The van der Waals surface area contributed by atoms with Gasteiger partial charge in [0.1, 0.15) is 0 Å². The van der Waals surface area contributed by atoms with Gasteiger partial charge in [0.2, 0.25) is 0 Å². The van der Waals surface area contributed by atoms with Crippen LogP contribution in [0.4, 0.5) is 11.4 Å². The fourth-order valence-corrected chi connectivity index (χ4v) is 1.54. The van der Waals surface area contributed by atoms with Gasteiger partial charge in [-0.3, -0.25) is 0 Å². The lowest BCUT2D eigenvalue weighted by molar-refractivity contribution is 0.958. The molecule has 0 saturated heterocycles. The molecule has 0 aliphatic carbocycles. The molecule has 1 aromatic rings. The molecule has 0 aromatic heterocycles. The maximum atomic E-state index is 5.97. The van der Waals surface area contributed by atoms with E-state index in [1.165, 1.54) is 5.56 Å². The third-order valence-corrected chi connectivity index (χ3v) is 2.22. The highest BCUT2D eigenvalue weighted by molar-refractivity contribution is 5.68. The molecule has 0 bridgehead atoms. The fourth-order valence-electron chi connectivity index (χ4n) is 1.54. The monoisotopic (exact) mass is 202 g/mol. The van der Waals surface area contributed by atoms with E-state index in [1.54, 1.807) is 0 Å². The number of hydrogen-bond donors (Lipinski definition) is 1. The van der Waals surface area contributed by atoms with E-state index in [0.717, 1.165) is 24.5 Å². The summed E-state index contributed by atoms with van der Waals surface area (Å²) in [5.74, 6) is 0. The predicted molar refractivity (Wildman–Crippen MR) is 68.2 cm³/mol. The fraction of sp³-hybridized carbons (Fsp3) is 0.231. The van der Waals surface area contributed by atoms with Crippen LogP contribution in [0, 0.1) is 6.92 Å². The molecule has 0 aliphatic heterocycles. The highest BCUT2D eigenvalue weighted by Gasteiger charge is 2.06. The topological polar surface area (TPSA) is 29.3 Å². The Morgan fingerprint density at radius 1 is 1.27 bits per heavy atom. The van der Waals surface area contributed by atoms with Gasteiger partial charge in [0.05, 0.1) is 11.4 Å². The van der Waals surface area contributed by atoms with Crippen molar-refractivity contribution in [2.75, 3.05) is 23.7 Å². The molecule has 0 atom stereocenters. The lowest BCUT2D eigenvalue weighted by atomic mass is 10.2. The van der Waals surface area contributed by atoms with Gasteiger partial charge in [-0.05, 0) is 24.6 Å². The summed E-state index contributed by atoms with van der Waals surface area (Å²) < 4.78 is 0. The van der Waals surface area contributed by atoms with E-state index in [1.807, 2.05) is 31.2 Å². The van der Waals surface area contributed by atoms with E-state index in [2.05, 4.69) is 24.1 Å². The van der Waals surface area contributed by atoms with E-state index in [0.29, 0.717) is 0 Å². The van der Waals surface area contributed by atoms with Crippen LogP contribution in [0.25, 0.3) is 0 Å². The van der Waals surface area contributed by atoms with Crippen LogP contribution in [-0.4, -0.2) is 13.1 Å². The van der Waals surface area contributed by atoms with Crippen molar-refractivity contribution in [3.8, 4) is 0 Å². The Hall–Kier alpha value is -1.70. The predicted octanol–water partition coefficient (Wildman–Crippen LogP) is 2.76. The first-order valence-corrected chi connectivity index (χ1v) is 5.02. The number of aryl methyl sites for hydroxylation is 1. The van der Waals surface area contributed by atoms with Gasteiger partial charge in [-0.15, -0.1) is 13.2 Å². The number of anilines is 2. The van der Waals surface area contributed by atoms with Crippen LogP contribution in [0.15, 0.2) is 43.5 Å². The lowest BCUT2D eigenvalue weighted by Gasteiger charge is -2.23. The molecule has 2 heteroatoms. The summed E-state index contributed by atoms with van der Waals surface area (Å²) in [6.07, 6.45) is 3.73. The van der Waals surface area contributed by atoms with Crippen molar-refractivity contribution in [2.45, 2.75) is 6.92 Å². The second kappa shape index (κ2) is 5.25. The quantitative estimate of drug-likeness (QED) is 0.587. The van der Waals surface area contributed by atoms with Crippen molar-refractivity contribution >= 4 is 11.4 Å². The van der Waals surface area contributed by atoms with Gasteiger partial charge in [0.25, 0.3) is 0 Å². The minimum atomic E-state index is 0.777. The molecule has 80 valence electrons. The van der Waals surface area contributed by atoms with Gasteiger partial charge in [-0.25, -0.2) is 0 Å². The van der Waals surface area contributed by atoms with Gasteiger partial charge in [0.15, 0.2) is 0 Å². The summed E-state index contributed by atoms with van der Waals surface area (Å²) in [6.45, 7) is 11.1. The van der Waals surface area contributed by atoms with Crippen molar-refractivity contribution in [2.24, 2.45) is 0 Å². The molecule has 0 unspecified atom stereocenters. The molecule has 0 spiro atoms. The highest BCUT2D eigenvalue weighted by atomic mass is 15.1. The van der Waals surface area contributed by atoms with Crippen LogP contribution < -0.4 is 10.6 Å². The first-order valence-electron chi connectivity index (χ1n) is 5.02. The van der Waals surface area contributed by atoms with Gasteiger partial charge in [0, 0.05) is 13.1 Å². The van der Waals surface area contributed by atoms with E-state index < -0.39 is 0 Å². The SMILES string of the molecule is C=CCN(CC=C)c1ccc(C)cc1N. The van der Waals surface area contributed by atoms with Crippen LogP contribution >= 0.6 is 0 Å². The van der Waals surface area contributed by atoms with Crippen molar-refractivity contribution < 1.29 is 0 Å². The van der Waals surface area contributed by atoms with E-state index in [9.17, 15) is 0 Å². The Kier molecular flexibility index (Phi) is 3.98. The van der Waals surface area contributed by atoms with Crippen LogP contribution in [0.2, 0.25) is 0 Å². The maximum Gasteiger partial charge on any atom is 0.0605 e. The third-order valence-electron chi connectivity index (χ3n) is 2.22. The van der Waals surface area contributed by atoms with Crippen molar-refractivity contribution in [3.05, 3.63) is 49.1 Å². The molecule has 0 heterocycles. The number of hydrogen-bond acceptors (Lipinski definition) is 2. The zero-order chi connectivity index (χ0) is 11.3. The van der Waals surface area contributed by atoms with Gasteiger partial charge in [-0.2, -0.15) is 0 Å². The Morgan fingerprint density at radius 2 is 1.87 bits per heavy atom. The molecule has 0 amide bonds. The Balaban J connectivity index is 2.98. The van der Waals surface area contributed by atoms with E-state index in [-0.39, 0.29) is 0 Å². The van der Waals surface area contributed by atoms with E-state index in [4.69, 9.17) is 5.73 Å². The lowest BCUT2D eigenvalue weighted by Crippen LogP contribution is -2.24. The number of nitrogens with zero attached hydrogens (tertiary/aromatic N) is 1. The highest BCUT2D eigenvalue weighted by Crippen LogP contribution is 2.23. The molecule has 15 heavy (non-hydrogen) atoms. The molecular formula is C13H18N2. The molecule has 0 saturated carbocycles. The Bertz CT molecular complexity index is 346. The second-order valence-electron chi connectivity index (χ2n) is 3.54. The Labute approximate surface area is 91.7 Å². The molecule has 0 aliphatic rings. The van der Waals surface area contributed by atoms with Crippen molar-refractivity contribution in [3.63, 3.8) is 0 Å². The maximum absolute atomic E-state index is 5.97. The molecular weight excluding hydrogens is 184 g/mol. The molecule has 1 aromatic carbocycles. The van der Waals surface area contributed by atoms with Crippen LogP contribution in [-0.2, 0) is 0 Å². The third kappa shape index (κ3) is 2.88. The smallest absolute Gasteiger partial charge is 0.0605 e. The van der Waals surface area contributed by atoms with Crippen molar-refractivity contribution in [1.29, 1.82) is 0 Å². The van der Waals surface area contributed by atoms with Crippen LogP contribution in [0.3, 0.4) is 0 Å². The molecule has 0 fully saturated rings. The largest absolute Gasteiger partial charge is 0.397 e. The van der Waals surface area contributed by atoms with Crippen molar-refractivity contribution in [1.82, 2.24) is 0 Å². The van der Waals surface area contributed by atoms with Gasteiger partial charge >= 0.3 is 0 Å². The number of nitrogens with two attached hydrogens (primary N) is 1. The number of nitrogen functional groups attached to an aromatic ring is 1. The minimum Gasteiger partial charge on any atom is -0.397 e. The average Bonchev–Trinajstić information content (AvgIpc) is 2.17. The first-order chi connectivity index (χ1) is 7.19. The minimum absolute atomic E-state index is 0.777. The summed E-state index contributed by atoms with van der Waals surface area (Å²) in [6, 6.07) is 6.08. The first kappa shape index (κ1) is 11.4. The van der Waals surface area contributed by atoms with Crippen LogP contribution in [0.5, 0.6) is 0 Å². The molecule has 1 rings (SSSR count). The Morgan fingerprint density at radius 3 is 2.33 bits per heavy atom. The average molecular weight is 202 g/mol. The number of rotatable bonds is 5. The van der Waals surface area contributed by atoms with E-state index >= 15 is 0 Å². The summed E-state index contributed by atoms with van der Waals surface area (Å²) in [5, 5.41) is 0. The van der Waals surface area contributed by atoms with Gasteiger partial charge < -0.3 is 10.6 Å². The summed E-state index contributed by atoms with van der Waals surface area (Å²) in [7, 11) is 0. The zero-order valence-corrected chi connectivity index (χ0v) is 9.24. The molecule has 2 nitrogen and oxygen atoms in total. The normalized spacial score (nSPS) is 9.67. The van der Waals surface area contributed by atoms with Crippen LogP contribution in [0.1, 0.15) is 5.56 Å². The molecule has 0 radical (unpaired) electrons. The van der Waals surface area contributed by atoms with Gasteiger partial charge in [-0.1, -0.05) is 18.2 Å². The number of benzene rings is 1. The summed E-state index contributed by atoms with van der Waals surface area (Å²) >= 11 is 0. The second-order valence-corrected chi connectivity index (χ2v) is 3.54. The standard InChI is InChI=1S/C13H18N2/c1-4-8-15(9-5-2)13-7-6-11(3)10-12(13)14/h4-7,10H,1-2,8-9,14H2,3H3. The summed E-state index contributed by atoms with van der Waals surface area (Å²) in [5.41, 5.74) is 8.99. The zero-order valence-electron chi connectivity index (χ0n) is 9.24. The molecule has 2 N–H and O–H groups in total. The summed E-state index contributed by atoms with van der Waals surface area (Å²) in [4.78, 5) is 2.13.